The van der Waals surface area contributed by atoms with Crippen LogP contribution < -0.4 is 10.4 Å². The van der Waals surface area contributed by atoms with Crippen LogP contribution in [-0.4, -0.2) is 49.4 Å². The molecule has 0 amide bonds. The molecule has 0 unspecified atom stereocenters. The van der Waals surface area contributed by atoms with E-state index in [-0.39, 0.29) is 5.04 Å². The second kappa shape index (κ2) is 8.45. The molecule has 2 aromatic carbocycles. The second-order valence-electron chi connectivity index (χ2n) is 10.5. The Kier molecular flexibility index (Phi) is 6.23. The van der Waals surface area contributed by atoms with Crippen LogP contribution in [0, 0.1) is 0 Å². The highest BCUT2D eigenvalue weighted by Crippen LogP contribution is 2.51. The molecule has 2 fully saturated rings. The Labute approximate surface area is 198 Å². The fraction of sp³-hybridized carbons (Fsp3) is 0.481. The highest BCUT2D eigenvalue weighted by molar-refractivity contribution is 6.99. The molecule has 0 aromatic heterocycles. The van der Waals surface area contributed by atoms with Crippen molar-refractivity contribution in [2.75, 3.05) is 0 Å². The number of aliphatic hydroxyl groups is 1. The van der Waals surface area contributed by atoms with E-state index in [1.54, 1.807) is 13.0 Å². The van der Waals surface area contributed by atoms with Crippen molar-refractivity contribution in [1.82, 2.24) is 0 Å². The van der Waals surface area contributed by atoms with E-state index in [4.69, 9.17) is 18.6 Å². The van der Waals surface area contributed by atoms with Crippen LogP contribution in [0.5, 0.6) is 0 Å². The molecule has 0 saturated carbocycles. The molecule has 5 nitrogen and oxygen atoms in total. The van der Waals surface area contributed by atoms with Crippen molar-refractivity contribution in [2.45, 2.75) is 82.6 Å². The maximum absolute atomic E-state index is 11.1. The summed E-state index contributed by atoms with van der Waals surface area (Å²) >= 11 is 0. The van der Waals surface area contributed by atoms with Gasteiger partial charge in [0.25, 0.3) is 8.32 Å². The SMILES string of the molecule is C=C[C@@H]1O[C@@H](O[Si](c2ccccc2)(c2ccccc2)C(C)(C)C)[C@@]2([C@H](C)O)OC(C)(C)O[C@@H]12. The molecular weight excluding hydrogens is 432 g/mol. The number of ether oxygens (including phenoxy) is 3. The van der Waals surface area contributed by atoms with Crippen LogP contribution >= 0.6 is 0 Å². The maximum atomic E-state index is 11.1. The first-order valence-electron chi connectivity index (χ1n) is 11.6. The van der Waals surface area contributed by atoms with E-state index in [1.165, 1.54) is 0 Å². The summed E-state index contributed by atoms with van der Waals surface area (Å²) in [5.74, 6) is -0.889. The lowest BCUT2D eigenvalue weighted by molar-refractivity contribution is -0.255. The average molecular weight is 469 g/mol. The molecule has 2 heterocycles. The van der Waals surface area contributed by atoms with Gasteiger partial charge in [-0.05, 0) is 36.2 Å². The fourth-order valence-corrected chi connectivity index (χ4v) is 9.98. The summed E-state index contributed by atoms with van der Waals surface area (Å²) in [4.78, 5) is 0. The van der Waals surface area contributed by atoms with Crippen LogP contribution in [0.4, 0.5) is 0 Å². The summed E-state index contributed by atoms with van der Waals surface area (Å²) in [6.07, 6.45) is -1.03. The minimum Gasteiger partial charge on any atom is -0.390 e. The van der Waals surface area contributed by atoms with Crippen LogP contribution in [0.3, 0.4) is 0 Å². The van der Waals surface area contributed by atoms with Crippen molar-refractivity contribution in [3.05, 3.63) is 73.3 Å². The number of hydrogen-bond donors (Lipinski definition) is 1. The molecule has 0 aliphatic carbocycles. The van der Waals surface area contributed by atoms with E-state index in [9.17, 15) is 5.11 Å². The van der Waals surface area contributed by atoms with Crippen molar-refractivity contribution in [3.8, 4) is 0 Å². The predicted molar refractivity (Wildman–Crippen MR) is 132 cm³/mol. The Morgan fingerprint density at radius 1 is 1.03 bits per heavy atom. The van der Waals surface area contributed by atoms with E-state index in [2.05, 4.69) is 51.6 Å². The molecule has 2 saturated heterocycles. The highest BCUT2D eigenvalue weighted by Gasteiger charge is 2.70. The molecule has 2 aliphatic heterocycles. The Bertz CT molecular complexity index is 930. The third-order valence-electron chi connectivity index (χ3n) is 6.81. The number of hydrogen-bond acceptors (Lipinski definition) is 5. The van der Waals surface area contributed by atoms with Gasteiger partial charge in [-0.3, -0.25) is 0 Å². The second-order valence-corrected chi connectivity index (χ2v) is 14.8. The number of rotatable bonds is 6. The predicted octanol–water partition coefficient (Wildman–Crippen LogP) is 3.75. The first-order chi connectivity index (χ1) is 15.5. The molecule has 178 valence electrons. The minimum atomic E-state index is -2.96. The van der Waals surface area contributed by atoms with Gasteiger partial charge in [0, 0.05) is 0 Å². The smallest absolute Gasteiger partial charge is 0.264 e. The van der Waals surface area contributed by atoms with Crippen LogP contribution in [0.15, 0.2) is 73.3 Å². The lowest BCUT2D eigenvalue weighted by atomic mass is 9.90. The van der Waals surface area contributed by atoms with Gasteiger partial charge in [-0.2, -0.15) is 0 Å². The minimum absolute atomic E-state index is 0.254. The summed E-state index contributed by atoms with van der Waals surface area (Å²) < 4.78 is 26.3. The van der Waals surface area contributed by atoms with Crippen molar-refractivity contribution in [3.63, 3.8) is 0 Å². The molecule has 2 aromatic rings. The Morgan fingerprint density at radius 2 is 1.55 bits per heavy atom. The standard InChI is InChI=1S/C27H36O5Si/c1-8-22-23-27(19(2)28,32-26(6,7)30-23)24(29-22)31-33(25(3,4)5,20-15-11-9-12-16-20)21-17-13-10-14-18-21/h8-19,22-24,28H,1H2,2-7H3/t19-,22-,23-,24-,27-/m0/s1. The van der Waals surface area contributed by atoms with Gasteiger partial charge in [-0.15, -0.1) is 6.58 Å². The van der Waals surface area contributed by atoms with Gasteiger partial charge in [0.2, 0.25) is 0 Å². The zero-order valence-corrected chi connectivity index (χ0v) is 21.4. The molecule has 5 atom stereocenters. The Balaban J connectivity index is 1.92. The maximum Gasteiger partial charge on any atom is 0.264 e. The number of aliphatic hydroxyl groups excluding tert-OH is 1. The van der Waals surface area contributed by atoms with Crippen molar-refractivity contribution >= 4 is 18.7 Å². The Hall–Kier alpha value is -1.80. The van der Waals surface area contributed by atoms with Gasteiger partial charge in [0.05, 0.1) is 6.10 Å². The van der Waals surface area contributed by atoms with Gasteiger partial charge < -0.3 is 23.7 Å². The third-order valence-corrected chi connectivity index (χ3v) is 11.8. The van der Waals surface area contributed by atoms with E-state index in [0.717, 1.165) is 10.4 Å². The molecule has 0 bridgehead atoms. The summed E-state index contributed by atoms with van der Waals surface area (Å²) in [6, 6.07) is 20.7. The van der Waals surface area contributed by atoms with Crippen molar-refractivity contribution in [1.29, 1.82) is 0 Å². The van der Waals surface area contributed by atoms with E-state index < -0.39 is 44.3 Å². The van der Waals surface area contributed by atoms with Gasteiger partial charge in [-0.1, -0.05) is 87.5 Å². The average Bonchev–Trinajstić information content (AvgIpc) is 3.21. The highest BCUT2D eigenvalue weighted by atomic mass is 28.4. The summed E-state index contributed by atoms with van der Waals surface area (Å²) in [7, 11) is -2.96. The molecule has 0 radical (unpaired) electrons. The summed E-state index contributed by atoms with van der Waals surface area (Å²) in [5.41, 5.74) is -1.19. The van der Waals surface area contributed by atoms with Gasteiger partial charge >= 0.3 is 0 Å². The van der Waals surface area contributed by atoms with Gasteiger partial charge in [-0.25, -0.2) is 0 Å². The van der Waals surface area contributed by atoms with Crippen LogP contribution in [0.25, 0.3) is 0 Å². The first kappa shape index (κ1) is 24.3. The molecule has 4 rings (SSSR count). The summed E-state index contributed by atoms with van der Waals surface area (Å²) in [5, 5.41) is 13.1. The van der Waals surface area contributed by atoms with E-state index >= 15 is 0 Å². The fourth-order valence-electron chi connectivity index (χ4n) is 5.40. The van der Waals surface area contributed by atoms with Gasteiger partial charge in [0.15, 0.2) is 17.7 Å². The van der Waals surface area contributed by atoms with E-state index in [0.29, 0.717) is 0 Å². The quantitative estimate of drug-likeness (QED) is 0.517. The molecule has 33 heavy (non-hydrogen) atoms. The third kappa shape index (κ3) is 3.83. The summed E-state index contributed by atoms with van der Waals surface area (Å²) in [6.45, 7) is 16.0. The van der Waals surface area contributed by atoms with Crippen LogP contribution in [-0.2, 0) is 18.6 Å². The molecule has 0 spiro atoms. The molecular formula is C27H36O5Si. The van der Waals surface area contributed by atoms with E-state index in [1.807, 2.05) is 50.2 Å². The zero-order valence-electron chi connectivity index (χ0n) is 20.4. The van der Waals surface area contributed by atoms with Gasteiger partial charge in [0.1, 0.15) is 12.2 Å². The first-order valence-corrected chi connectivity index (χ1v) is 13.5. The molecule has 6 heteroatoms. The molecule has 2 aliphatic rings. The number of fused-ring (bicyclic) bond motifs is 1. The number of benzene rings is 2. The lowest BCUT2D eigenvalue weighted by Crippen LogP contribution is -2.70. The van der Waals surface area contributed by atoms with Crippen molar-refractivity contribution in [2.24, 2.45) is 0 Å². The van der Waals surface area contributed by atoms with Crippen LogP contribution in [0.2, 0.25) is 5.04 Å². The normalized spacial score (nSPS) is 30.1. The topological polar surface area (TPSA) is 57.2 Å². The zero-order chi connectivity index (χ0) is 24.1. The molecule has 1 N–H and O–H groups in total. The monoisotopic (exact) mass is 468 g/mol. The lowest BCUT2D eigenvalue weighted by Gasteiger charge is -2.47. The Morgan fingerprint density at radius 3 is 1.97 bits per heavy atom. The van der Waals surface area contributed by atoms with Crippen molar-refractivity contribution < 1.29 is 23.7 Å². The largest absolute Gasteiger partial charge is 0.390 e. The van der Waals surface area contributed by atoms with Crippen LogP contribution in [0.1, 0.15) is 41.5 Å².